The molecule has 0 aliphatic rings. The average Bonchev–Trinajstić information content (AvgIpc) is 3.27. The molecule has 2 unspecified atom stereocenters. The molecule has 1 N–H and O–H groups in total. The van der Waals surface area contributed by atoms with Gasteiger partial charge in [-0.05, 0) is 51.4 Å². The summed E-state index contributed by atoms with van der Waals surface area (Å²) in [5.41, 5.74) is 0. The molecule has 0 saturated carbocycles. The van der Waals surface area contributed by atoms with Gasteiger partial charge in [0.25, 0.3) is 0 Å². The van der Waals surface area contributed by atoms with Gasteiger partial charge in [0.05, 0.1) is 34.4 Å². The zero-order chi connectivity index (χ0) is 47.7. The number of nitrogens with zero attached hydrogens (tertiary/aromatic N) is 1. The summed E-state index contributed by atoms with van der Waals surface area (Å²) in [6.45, 7) is 4.75. The normalized spacial score (nSPS) is 13.1. The van der Waals surface area contributed by atoms with Crippen LogP contribution in [0.25, 0.3) is 0 Å². The van der Waals surface area contributed by atoms with E-state index in [9.17, 15) is 19.5 Å². The van der Waals surface area contributed by atoms with E-state index in [0.717, 1.165) is 51.4 Å². The number of carbonyl (C=O) groups is 3. The third-order valence-corrected chi connectivity index (χ3v) is 12.5. The predicted molar refractivity (Wildman–Crippen MR) is 275 cm³/mol. The molecule has 0 amide bonds. The van der Waals surface area contributed by atoms with E-state index in [1.807, 2.05) is 21.1 Å². The second-order valence-electron chi connectivity index (χ2n) is 19.8. The van der Waals surface area contributed by atoms with Crippen LogP contribution in [-0.2, 0) is 28.6 Å². The molecule has 0 aliphatic heterocycles. The van der Waals surface area contributed by atoms with Crippen LogP contribution in [0.2, 0.25) is 0 Å². The molecule has 0 bridgehead atoms. The van der Waals surface area contributed by atoms with E-state index in [0.29, 0.717) is 19.3 Å². The standard InChI is InChI=1S/C57H105NO7/c1-6-8-10-12-14-16-18-20-22-24-26-27-28-30-31-33-35-37-39-41-43-45-47-55(59)64-52-53(51-63-50-49-54(57(61)62)58(3,4)5)65-56(60)48-46-44-42-40-38-36-34-32-29-25-23-21-19-17-15-13-11-9-7-2/h14,16,20,22,26-27,53-54H,6-13,15,17-19,21,23-25,28-52H2,1-5H3/p+1/b16-14+,22-20+,27-26+. The number of unbranched alkanes of at least 4 members (excludes halogenated alkanes) is 30. The van der Waals surface area contributed by atoms with E-state index >= 15 is 0 Å². The first kappa shape index (κ1) is 62.5. The van der Waals surface area contributed by atoms with Gasteiger partial charge in [0.2, 0.25) is 0 Å². The van der Waals surface area contributed by atoms with Crippen LogP contribution >= 0.6 is 0 Å². The van der Waals surface area contributed by atoms with Gasteiger partial charge in [0.1, 0.15) is 6.61 Å². The van der Waals surface area contributed by atoms with E-state index in [-0.39, 0.29) is 36.2 Å². The Kier molecular flexibility index (Phi) is 46.2. The lowest BCUT2D eigenvalue weighted by molar-refractivity contribution is -0.887. The van der Waals surface area contributed by atoms with Crippen LogP contribution in [0, 0.1) is 0 Å². The minimum atomic E-state index is -0.872. The summed E-state index contributed by atoms with van der Waals surface area (Å²) in [7, 11) is 5.55. The van der Waals surface area contributed by atoms with E-state index in [2.05, 4.69) is 50.3 Å². The summed E-state index contributed by atoms with van der Waals surface area (Å²) in [6, 6.07) is -0.614. The van der Waals surface area contributed by atoms with Gasteiger partial charge in [-0.1, -0.05) is 224 Å². The first-order valence-corrected chi connectivity index (χ1v) is 27.5. The topological polar surface area (TPSA) is 99.1 Å². The van der Waals surface area contributed by atoms with E-state index in [1.165, 1.54) is 173 Å². The quantitative estimate of drug-likeness (QED) is 0.0281. The Hall–Kier alpha value is -2.45. The van der Waals surface area contributed by atoms with Crippen LogP contribution in [-0.4, -0.2) is 80.6 Å². The minimum Gasteiger partial charge on any atom is -0.477 e. The maximum absolute atomic E-state index is 12.8. The van der Waals surface area contributed by atoms with Crippen molar-refractivity contribution in [3.05, 3.63) is 36.5 Å². The number of rotatable bonds is 50. The first-order chi connectivity index (χ1) is 31.6. The Labute approximate surface area is 402 Å². The minimum absolute atomic E-state index is 0.0502. The molecule has 65 heavy (non-hydrogen) atoms. The number of carboxylic acid groups (broad SMARTS) is 1. The van der Waals surface area contributed by atoms with Gasteiger partial charge in [0, 0.05) is 19.3 Å². The lowest BCUT2D eigenvalue weighted by atomic mass is 10.0. The van der Waals surface area contributed by atoms with Crippen LogP contribution in [0.15, 0.2) is 36.5 Å². The molecule has 0 aromatic rings. The third-order valence-electron chi connectivity index (χ3n) is 12.5. The number of hydrogen-bond acceptors (Lipinski definition) is 6. The van der Waals surface area contributed by atoms with Crippen molar-refractivity contribution in [1.82, 2.24) is 0 Å². The Balaban J connectivity index is 4.19. The number of ether oxygens (including phenoxy) is 3. The molecule has 380 valence electrons. The molecular formula is C57H106NO7+. The molecule has 0 aromatic heterocycles. The summed E-state index contributed by atoms with van der Waals surface area (Å²) >= 11 is 0. The SMILES string of the molecule is CCCCC/C=C/C/C=C/C/C=C/CCCCCCCCCCCC(=O)OCC(COCCC(C(=O)O)[N+](C)(C)C)OC(=O)CCCCCCCCCCCCCCCCCCCCC. The van der Waals surface area contributed by atoms with E-state index in [4.69, 9.17) is 14.2 Å². The van der Waals surface area contributed by atoms with Gasteiger partial charge in [-0.15, -0.1) is 0 Å². The molecule has 0 aliphatic carbocycles. The Morgan fingerprint density at radius 3 is 1.23 bits per heavy atom. The number of hydrogen-bond donors (Lipinski definition) is 1. The molecule has 8 nitrogen and oxygen atoms in total. The van der Waals surface area contributed by atoms with Crippen LogP contribution in [0.4, 0.5) is 0 Å². The zero-order valence-corrected chi connectivity index (χ0v) is 43.5. The summed E-state index contributed by atoms with van der Waals surface area (Å²) < 4.78 is 17.4. The van der Waals surface area contributed by atoms with Crippen molar-refractivity contribution in [3.63, 3.8) is 0 Å². The number of esters is 2. The number of carboxylic acids is 1. The van der Waals surface area contributed by atoms with Crippen molar-refractivity contribution in [2.24, 2.45) is 0 Å². The Morgan fingerprint density at radius 2 is 0.815 bits per heavy atom. The highest BCUT2D eigenvalue weighted by molar-refractivity contribution is 5.72. The van der Waals surface area contributed by atoms with Crippen molar-refractivity contribution in [2.75, 3.05) is 41.0 Å². The highest BCUT2D eigenvalue weighted by atomic mass is 16.6. The second-order valence-corrected chi connectivity index (χ2v) is 19.8. The largest absolute Gasteiger partial charge is 0.477 e. The fraction of sp³-hybridized carbons (Fsp3) is 0.842. The Morgan fingerprint density at radius 1 is 0.462 bits per heavy atom. The third kappa shape index (κ3) is 46.4. The van der Waals surface area contributed by atoms with Gasteiger partial charge in [-0.25, -0.2) is 4.79 Å². The molecule has 0 aromatic carbocycles. The lowest BCUT2D eigenvalue weighted by Gasteiger charge is -2.31. The zero-order valence-electron chi connectivity index (χ0n) is 43.5. The smallest absolute Gasteiger partial charge is 0.362 e. The van der Waals surface area contributed by atoms with Crippen LogP contribution in [0.5, 0.6) is 0 Å². The number of carbonyl (C=O) groups excluding carboxylic acids is 2. The van der Waals surface area contributed by atoms with Gasteiger partial charge in [-0.3, -0.25) is 9.59 Å². The van der Waals surface area contributed by atoms with E-state index in [1.54, 1.807) is 0 Å². The van der Waals surface area contributed by atoms with Crippen molar-refractivity contribution >= 4 is 17.9 Å². The monoisotopic (exact) mass is 917 g/mol. The maximum atomic E-state index is 12.8. The van der Waals surface area contributed by atoms with Crippen LogP contribution < -0.4 is 0 Å². The maximum Gasteiger partial charge on any atom is 0.362 e. The predicted octanol–water partition coefficient (Wildman–Crippen LogP) is 16.1. The van der Waals surface area contributed by atoms with Crippen LogP contribution in [0.1, 0.15) is 258 Å². The number of quaternary nitrogens is 1. The van der Waals surface area contributed by atoms with Crippen molar-refractivity contribution < 1.29 is 38.2 Å². The number of aliphatic carboxylic acids is 1. The molecule has 0 spiro atoms. The second kappa shape index (κ2) is 48.0. The van der Waals surface area contributed by atoms with E-state index < -0.39 is 18.1 Å². The summed E-state index contributed by atoms with van der Waals surface area (Å²) in [4.78, 5) is 37.2. The molecule has 0 rings (SSSR count). The number of likely N-dealkylation sites (N-methyl/N-ethyl adjacent to an activating group) is 1. The summed E-state index contributed by atoms with van der Waals surface area (Å²) in [5, 5.41) is 9.67. The Bertz CT molecular complexity index is 1160. The van der Waals surface area contributed by atoms with Gasteiger partial charge in [-0.2, -0.15) is 0 Å². The van der Waals surface area contributed by atoms with Gasteiger partial charge in [0.15, 0.2) is 12.1 Å². The highest BCUT2D eigenvalue weighted by Crippen LogP contribution is 2.17. The van der Waals surface area contributed by atoms with Gasteiger partial charge < -0.3 is 23.8 Å². The molecule has 0 saturated heterocycles. The molecule has 0 fully saturated rings. The number of allylic oxidation sites excluding steroid dienone is 6. The molecule has 2 atom stereocenters. The van der Waals surface area contributed by atoms with Crippen molar-refractivity contribution in [1.29, 1.82) is 0 Å². The fourth-order valence-corrected chi connectivity index (χ4v) is 8.28. The molecule has 0 radical (unpaired) electrons. The highest BCUT2D eigenvalue weighted by Gasteiger charge is 2.31. The molecule has 0 heterocycles. The van der Waals surface area contributed by atoms with Crippen molar-refractivity contribution in [3.8, 4) is 0 Å². The van der Waals surface area contributed by atoms with Gasteiger partial charge >= 0.3 is 17.9 Å². The first-order valence-electron chi connectivity index (χ1n) is 27.5. The van der Waals surface area contributed by atoms with Crippen molar-refractivity contribution in [2.45, 2.75) is 270 Å². The summed E-state index contributed by atoms with van der Waals surface area (Å²) in [6.07, 6.45) is 57.6. The lowest BCUT2D eigenvalue weighted by Crippen LogP contribution is -2.50. The molecular weight excluding hydrogens is 811 g/mol. The fourth-order valence-electron chi connectivity index (χ4n) is 8.28. The average molecular weight is 917 g/mol. The van der Waals surface area contributed by atoms with Crippen LogP contribution in [0.3, 0.4) is 0 Å². The molecule has 8 heteroatoms. The summed E-state index contributed by atoms with van der Waals surface area (Å²) in [5.74, 6) is -1.46.